The zero-order valence-electron chi connectivity index (χ0n) is 14.5. The molecule has 0 aliphatic heterocycles. The van der Waals surface area contributed by atoms with Crippen molar-refractivity contribution in [1.82, 2.24) is 5.16 Å². The van der Waals surface area contributed by atoms with Gasteiger partial charge >= 0.3 is 0 Å². The average molecular weight is 352 g/mol. The van der Waals surface area contributed by atoms with E-state index in [0.29, 0.717) is 5.76 Å². The van der Waals surface area contributed by atoms with Crippen molar-refractivity contribution in [3.05, 3.63) is 65.4 Å². The molecule has 4 nitrogen and oxygen atoms in total. The summed E-state index contributed by atoms with van der Waals surface area (Å²) in [5.74, 6) is 1.25. The second-order valence-electron chi connectivity index (χ2n) is 5.76. The highest BCUT2D eigenvalue weighted by Crippen LogP contribution is 2.28. The van der Waals surface area contributed by atoms with Gasteiger partial charge in [0.05, 0.1) is 5.69 Å². The Morgan fingerprint density at radius 2 is 1.92 bits per heavy atom. The van der Waals surface area contributed by atoms with E-state index in [2.05, 4.69) is 24.3 Å². The maximum atomic E-state index is 12.5. The van der Waals surface area contributed by atoms with Crippen LogP contribution in [0.5, 0.6) is 0 Å². The van der Waals surface area contributed by atoms with Gasteiger partial charge in [-0.3, -0.25) is 4.79 Å². The smallest absolute Gasteiger partial charge is 0.277 e. The van der Waals surface area contributed by atoms with Crippen molar-refractivity contribution in [1.29, 1.82) is 0 Å². The Kier molecular flexibility index (Phi) is 5.24. The minimum atomic E-state index is -0.275. The number of aromatic nitrogens is 1. The summed E-state index contributed by atoms with van der Waals surface area (Å²) in [5, 5.41) is 6.84. The Morgan fingerprint density at radius 3 is 2.68 bits per heavy atom. The summed E-state index contributed by atoms with van der Waals surface area (Å²) >= 11 is 1.69. The van der Waals surface area contributed by atoms with Gasteiger partial charge in [-0.05, 0) is 48.9 Å². The molecule has 0 aliphatic carbocycles. The molecule has 0 saturated carbocycles. The fourth-order valence-corrected chi connectivity index (χ4v) is 3.21. The number of benzene rings is 2. The predicted molar refractivity (Wildman–Crippen MR) is 102 cm³/mol. The maximum absolute atomic E-state index is 12.5. The molecule has 0 unspecified atom stereocenters. The highest BCUT2D eigenvalue weighted by molar-refractivity contribution is 7.99. The number of hydrogen-bond acceptors (Lipinski definition) is 4. The number of aryl methyl sites for hydroxylation is 2. The van der Waals surface area contributed by atoms with Gasteiger partial charge < -0.3 is 9.84 Å². The highest BCUT2D eigenvalue weighted by atomic mass is 32.2. The molecule has 1 aromatic heterocycles. The van der Waals surface area contributed by atoms with Crippen molar-refractivity contribution in [2.45, 2.75) is 25.7 Å². The normalized spacial score (nSPS) is 10.7. The summed E-state index contributed by atoms with van der Waals surface area (Å²) in [6, 6.07) is 15.5. The minimum Gasteiger partial charge on any atom is -0.355 e. The SMILES string of the molecule is CCSc1ccccc1NC(=O)c1cc(-c2ccc(C)c(C)c2)on1. The number of nitrogens with zero attached hydrogens (tertiary/aromatic N) is 1. The molecule has 0 aliphatic rings. The van der Waals surface area contributed by atoms with Crippen LogP contribution in [0, 0.1) is 13.8 Å². The van der Waals surface area contributed by atoms with Crippen LogP contribution in [0.4, 0.5) is 5.69 Å². The van der Waals surface area contributed by atoms with E-state index in [9.17, 15) is 4.79 Å². The summed E-state index contributed by atoms with van der Waals surface area (Å²) in [4.78, 5) is 13.5. The lowest BCUT2D eigenvalue weighted by Crippen LogP contribution is -2.12. The summed E-state index contributed by atoms with van der Waals surface area (Å²) < 4.78 is 5.37. The van der Waals surface area contributed by atoms with Crippen LogP contribution >= 0.6 is 11.8 Å². The fraction of sp³-hybridized carbons (Fsp3) is 0.200. The molecule has 3 rings (SSSR count). The number of rotatable bonds is 5. The molecule has 2 aromatic carbocycles. The lowest BCUT2D eigenvalue weighted by molar-refractivity contribution is 0.101. The molecular formula is C20H20N2O2S. The second kappa shape index (κ2) is 7.57. The first-order chi connectivity index (χ1) is 12.1. The molecule has 0 bridgehead atoms. The van der Waals surface area contributed by atoms with Crippen LogP contribution in [-0.2, 0) is 0 Å². The Hall–Kier alpha value is -2.53. The van der Waals surface area contributed by atoms with Crippen LogP contribution in [-0.4, -0.2) is 16.8 Å². The van der Waals surface area contributed by atoms with Crippen molar-refractivity contribution in [3.63, 3.8) is 0 Å². The van der Waals surface area contributed by atoms with Gasteiger partial charge in [-0.25, -0.2) is 0 Å². The number of para-hydroxylation sites is 1. The number of carbonyl (C=O) groups is 1. The molecule has 128 valence electrons. The average Bonchev–Trinajstić information content (AvgIpc) is 3.09. The van der Waals surface area contributed by atoms with E-state index < -0.39 is 0 Å². The van der Waals surface area contributed by atoms with Gasteiger partial charge in [-0.2, -0.15) is 0 Å². The van der Waals surface area contributed by atoms with E-state index in [-0.39, 0.29) is 11.6 Å². The molecule has 1 amide bonds. The Balaban J connectivity index is 1.80. The quantitative estimate of drug-likeness (QED) is 0.631. The van der Waals surface area contributed by atoms with E-state index in [4.69, 9.17) is 4.52 Å². The van der Waals surface area contributed by atoms with Crippen LogP contribution in [0.15, 0.2) is 57.9 Å². The first kappa shape index (κ1) is 17.3. The van der Waals surface area contributed by atoms with Crippen LogP contribution in [0.1, 0.15) is 28.5 Å². The predicted octanol–water partition coefficient (Wildman–Crippen LogP) is 5.32. The molecule has 3 aromatic rings. The number of nitrogens with one attached hydrogen (secondary N) is 1. The summed E-state index contributed by atoms with van der Waals surface area (Å²) in [7, 11) is 0. The second-order valence-corrected chi connectivity index (χ2v) is 7.06. The van der Waals surface area contributed by atoms with Crippen LogP contribution in [0.2, 0.25) is 0 Å². The Labute approximate surface area is 151 Å². The fourth-order valence-electron chi connectivity index (χ4n) is 2.45. The molecule has 1 N–H and O–H groups in total. The van der Waals surface area contributed by atoms with Crippen molar-refractivity contribution in [2.75, 3.05) is 11.1 Å². The zero-order valence-corrected chi connectivity index (χ0v) is 15.3. The van der Waals surface area contributed by atoms with Crippen molar-refractivity contribution in [2.24, 2.45) is 0 Å². The third kappa shape index (κ3) is 3.94. The van der Waals surface area contributed by atoms with Crippen LogP contribution in [0.25, 0.3) is 11.3 Å². The van der Waals surface area contributed by atoms with Gasteiger partial charge in [0.15, 0.2) is 11.5 Å². The van der Waals surface area contributed by atoms with Crippen LogP contribution < -0.4 is 5.32 Å². The third-order valence-electron chi connectivity index (χ3n) is 3.97. The van der Waals surface area contributed by atoms with E-state index in [1.165, 1.54) is 11.1 Å². The molecule has 25 heavy (non-hydrogen) atoms. The molecule has 0 radical (unpaired) electrons. The van der Waals surface area contributed by atoms with E-state index >= 15 is 0 Å². The molecule has 0 atom stereocenters. The molecule has 0 spiro atoms. The van der Waals surface area contributed by atoms with E-state index in [1.807, 2.05) is 49.4 Å². The minimum absolute atomic E-state index is 0.268. The van der Waals surface area contributed by atoms with Crippen molar-refractivity contribution in [3.8, 4) is 11.3 Å². The Bertz CT molecular complexity index is 902. The standard InChI is InChI=1S/C20H20N2O2S/c1-4-25-19-8-6-5-7-16(19)21-20(23)17-12-18(24-22-17)15-10-9-13(2)14(3)11-15/h5-12H,4H2,1-3H3,(H,21,23). The number of thioether (sulfide) groups is 1. The summed E-state index contributed by atoms with van der Waals surface area (Å²) in [6.07, 6.45) is 0. The van der Waals surface area contributed by atoms with Gasteiger partial charge in [0.1, 0.15) is 0 Å². The van der Waals surface area contributed by atoms with Gasteiger partial charge in [-0.1, -0.05) is 36.3 Å². The van der Waals surface area contributed by atoms with Crippen molar-refractivity contribution < 1.29 is 9.32 Å². The van der Waals surface area contributed by atoms with Gasteiger partial charge in [0, 0.05) is 16.5 Å². The Morgan fingerprint density at radius 1 is 1.12 bits per heavy atom. The topological polar surface area (TPSA) is 55.1 Å². The third-order valence-corrected chi connectivity index (χ3v) is 4.92. The first-order valence-corrected chi connectivity index (χ1v) is 9.14. The molecule has 0 fully saturated rings. The zero-order chi connectivity index (χ0) is 17.8. The largest absolute Gasteiger partial charge is 0.355 e. The van der Waals surface area contributed by atoms with Gasteiger partial charge in [0.2, 0.25) is 0 Å². The highest BCUT2D eigenvalue weighted by Gasteiger charge is 2.15. The first-order valence-electron chi connectivity index (χ1n) is 8.16. The van der Waals surface area contributed by atoms with E-state index in [1.54, 1.807) is 17.8 Å². The monoisotopic (exact) mass is 352 g/mol. The lowest BCUT2D eigenvalue weighted by atomic mass is 10.0. The van der Waals surface area contributed by atoms with Crippen LogP contribution in [0.3, 0.4) is 0 Å². The molecular weight excluding hydrogens is 332 g/mol. The molecule has 5 heteroatoms. The lowest BCUT2D eigenvalue weighted by Gasteiger charge is -2.08. The molecule has 1 heterocycles. The van der Waals surface area contributed by atoms with E-state index in [0.717, 1.165) is 21.9 Å². The summed E-state index contributed by atoms with van der Waals surface area (Å²) in [5.41, 5.74) is 4.35. The van der Waals surface area contributed by atoms with Gasteiger partial charge in [0.25, 0.3) is 5.91 Å². The maximum Gasteiger partial charge on any atom is 0.277 e. The number of carbonyl (C=O) groups excluding carboxylic acids is 1. The van der Waals surface area contributed by atoms with Gasteiger partial charge in [-0.15, -0.1) is 11.8 Å². The van der Waals surface area contributed by atoms with Crippen molar-refractivity contribution >= 4 is 23.4 Å². The number of hydrogen-bond donors (Lipinski definition) is 1. The number of anilines is 1. The molecule has 0 saturated heterocycles. The number of amides is 1. The summed E-state index contributed by atoms with van der Waals surface area (Å²) in [6.45, 7) is 6.19.